The van der Waals surface area contributed by atoms with Crippen molar-refractivity contribution in [1.82, 2.24) is 9.36 Å². The Morgan fingerprint density at radius 3 is 2.74 bits per heavy atom. The predicted molar refractivity (Wildman–Crippen MR) is 75.1 cm³/mol. The summed E-state index contributed by atoms with van der Waals surface area (Å²) in [6, 6.07) is 7.48. The molecule has 0 unspecified atom stereocenters. The highest BCUT2D eigenvalue weighted by Gasteiger charge is 2.11. The SMILES string of the molecule is CN(CC(=O)O)c1nc(Cc2ccc(Cl)cc2)ns1. The maximum atomic E-state index is 10.6. The lowest BCUT2D eigenvalue weighted by atomic mass is 10.1. The number of benzene rings is 1. The van der Waals surface area contributed by atoms with Crippen molar-refractivity contribution in [3.63, 3.8) is 0 Å². The summed E-state index contributed by atoms with van der Waals surface area (Å²) < 4.78 is 4.23. The highest BCUT2D eigenvalue weighted by Crippen LogP contribution is 2.18. The fourth-order valence-electron chi connectivity index (χ4n) is 1.53. The smallest absolute Gasteiger partial charge is 0.323 e. The molecule has 0 spiro atoms. The van der Waals surface area contributed by atoms with Crippen LogP contribution in [0.25, 0.3) is 0 Å². The summed E-state index contributed by atoms with van der Waals surface area (Å²) in [5, 5.41) is 10.0. The second-order valence-corrected chi connectivity index (χ2v) is 5.21. The molecule has 100 valence electrons. The van der Waals surface area contributed by atoms with Crippen molar-refractivity contribution in [2.45, 2.75) is 6.42 Å². The molecule has 7 heteroatoms. The molecule has 1 aromatic heterocycles. The Bertz CT molecular complexity index is 571. The van der Waals surface area contributed by atoms with Gasteiger partial charge in [0.25, 0.3) is 0 Å². The van der Waals surface area contributed by atoms with Gasteiger partial charge < -0.3 is 10.0 Å². The van der Waals surface area contributed by atoms with Gasteiger partial charge >= 0.3 is 5.97 Å². The maximum absolute atomic E-state index is 10.6. The van der Waals surface area contributed by atoms with E-state index in [-0.39, 0.29) is 6.54 Å². The third-order valence-electron chi connectivity index (χ3n) is 2.43. The number of likely N-dealkylation sites (N-methyl/N-ethyl adjacent to an activating group) is 1. The highest BCUT2D eigenvalue weighted by atomic mass is 35.5. The minimum atomic E-state index is -0.892. The molecule has 0 saturated carbocycles. The van der Waals surface area contributed by atoms with E-state index in [0.29, 0.717) is 22.4 Å². The van der Waals surface area contributed by atoms with E-state index in [1.54, 1.807) is 11.9 Å². The summed E-state index contributed by atoms with van der Waals surface area (Å²) >= 11 is 7.01. The Kier molecular flexibility index (Phi) is 4.34. The molecule has 0 amide bonds. The lowest BCUT2D eigenvalue weighted by molar-refractivity contribution is -0.135. The topological polar surface area (TPSA) is 66.3 Å². The van der Waals surface area contributed by atoms with Crippen molar-refractivity contribution < 1.29 is 9.90 Å². The van der Waals surface area contributed by atoms with Crippen LogP contribution in [-0.4, -0.2) is 34.0 Å². The summed E-state index contributed by atoms with van der Waals surface area (Å²) in [6.07, 6.45) is 0.606. The zero-order valence-corrected chi connectivity index (χ0v) is 11.8. The van der Waals surface area contributed by atoms with E-state index in [4.69, 9.17) is 16.7 Å². The van der Waals surface area contributed by atoms with Gasteiger partial charge in [-0.2, -0.15) is 4.37 Å². The number of aliphatic carboxylic acids is 1. The average Bonchev–Trinajstić information content (AvgIpc) is 2.80. The molecule has 0 aliphatic rings. The summed E-state index contributed by atoms with van der Waals surface area (Å²) in [4.78, 5) is 16.5. The van der Waals surface area contributed by atoms with E-state index < -0.39 is 5.97 Å². The molecule has 19 heavy (non-hydrogen) atoms. The van der Waals surface area contributed by atoms with Gasteiger partial charge in [-0.05, 0) is 17.7 Å². The van der Waals surface area contributed by atoms with Gasteiger partial charge in [0.2, 0.25) is 5.13 Å². The molecule has 0 bridgehead atoms. The van der Waals surface area contributed by atoms with Gasteiger partial charge in [-0.3, -0.25) is 4.79 Å². The zero-order valence-electron chi connectivity index (χ0n) is 10.2. The first-order chi connectivity index (χ1) is 9.04. The van der Waals surface area contributed by atoms with Gasteiger partial charge in [0.15, 0.2) is 0 Å². The van der Waals surface area contributed by atoms with Crippen LogP contribution in [0.5, 0.6) is 0 Å². The van der Waals surface area contributed by atoms with Gasteiger partial charge in [-0.1, -0.05) is 23.7 Å². The summed E-state index contributed by atoms with van der Waals surface area (Å²) in [5.74, 6) is -0.212. The zero-order chi connectivity index (χ0) is 13.8. The number of carboxylic acids is 1. The first kappa shape index (κ1) is 13.8. The van der Waals surface area contributed by atoms with E-state index in [9.17, 15) is 4.79 Å². The molecule has 2 aromatic rings. The Morgan fingerprint density at radius 2 is 2.11 bits per heavy atom. The van der Waals surface area contributed by atoms with Crippen LogP contribution >= 0.6 is 23.1 Å². The van der Waals surface area contributed by atoms with E-state index in [1.807, 2.05) is 24.3 Å². The first-order valence-electron chi connectivity index (χ1n) is 5.54. The van der Waals surface area contributed by atoms with Gasteiger partial charge in [0.05, 0.1) is 0 Å². The Labute approximate surface area is 119 Å². The fourth-order valence-corrected chi connectivity index (χ4v) is 2.30. The number of aromatic nitrogens is 2. The Hall–Kier alpha value is -1.66. The highest BCUT2D eigenvalue weighted by molar-refractivity contribution is 7.09. The van der Waals surface area contributed by atoms with Crippen molar-refractivity contribution >= 4 is 34.2 Å². The van der Waals surface area contributed by atoms with Crippen LogP contribution in [-0.2, 0) is 11.2 Å². The molecule has 2 rings (SSSR count). The van der Waals surface area contributed by atoms with E-state index >= 15 is 0 Å². The minimum Gasteiger partial charge on any atom is -0.480 e. The molecule has 0 aliphatic carbocycles. The molecule has 1 heterocycles. The van der Waals surface area contributed by atoms with Crippen LogP contribution < -0.4 is 4.90 Å². The van der Waals surface area contributed by atoms with E-state index in [1.165, 1.54) is 11.5 Å². The van der Waals surface area contributed by atoms with Crippen LogP contribution in [0, 0.1) is 0 Å². The molecule has 0 aliphatic heterocycles. The van der Waals surface area contributed by atoms with Crippen molar-refractivity contribution in [1.29, 1.82) is 0 Å². The number of halogens is 1. The lowest BCUT2D eigenvalue weighted by Gasteiger charge is -2.10. The van der Waals surface area contributed by atoms with Crippen LogP contribution in [0.3, 0.4) is 0 Å². The van der Waals surface area contributed by atoms with E-state index in [0.717, 1.165) is 5.56 Å². The quantitative estimate of drug-likeness (QED) is 0.917. The maximum Gasteiger partial charge on any atom is 0.323 e. The molecule has 0 atom stereocenters. The van der Waals surface area contributed by atoms with Gasteiger partial charge in [-0.25, -0.2) is 4.98 Å². The van der Waals surface area contributed by atoms with Gasteiger partial charge in [-0.15, -0.1) is 0 Å². The largest absolute Gasteiger partial charge is 0.480 e. The van der Waals surface area contributed by atoms with Crippen molar-refractivity contribution in [3.8, 4) is 0 Å². The van der Waals surface area contributed by atoms with Crippen LogP contribution in [0.1, 0.15) is 11.4 Å². The van der Waals surface area contributed by atoms with Gasteiger partial charge in [0, 0.05) is 30.0 Å². The Morgan fingerprint density at radius 1 is 1.42 bits per heavy atom. The monoisotopic (exact) mass is 297 g/mol. The fraction of sp³-hybridized carbons (Fsp3) is 0.250. The molecular formula is C12H12ClN3O2S. The molecule has 0 saturated heterocycles. The molecule has 1 aromatic carbocycles. The van der Waals surface area contributed by atoms with Crippen LogP contribution in [0.2, 0.25) is 5.02 Å². The number of carboxylic acid groups (broad SMARTS) is 1. The van der Waals surface area contributed by atoms with E-state index in [2.05, 4.69) is 9.36 Å². The van der Waals surface area contributed by atoms with Crippen LogP contribution in [0.4, 0.5) is 5.13 Å². The first-order valence-corrected chi connectivity index (χ1v) is 6.69. The lowest BCUT2D eigenvalue weighted by Crippen LogP contribution is -2.24. The number of rotatable bonds is 5. The van der Waals surface area contributed by atoms with Crippen molar-refractivity contribution in [3.05, 3.63) is 40.7 Å². The van der Waals surface area contributed by atoms with Crippen molar-refractivity contribution in [2.24, 2.45) is 0 Å². The number of hydrogen-bond acceptors (Lipinski definition) is 5. The molecule has 1 N–H and O–H groups in total. The summed E-state index contributed by atoms with van der Waals surface area (Å²) in [6.45, 7) is -0.0877. The Balaban J connectivity index is 2.04. The third-order valence-corrected chi connectivity index (χ3v) is 3.55. The summed E-state index contributed by atoms with van der Waals surface area (Å²) in [7, 11) is 1.68. The molecule has 5 nitrogen and oxygen atoms in total. The average molecular weight is 298 g/mol. The molecular weight excluding hydrogens is 286 g/mol. The molecule has 0 fully saturated rings. The second kappa shape index (κ2) is 5.99. The van der Waals surface area contributed by atoms with Crippen LogP contribution in [0.15, 0.2) is 24.3 Å². The second-order valence-electron chi connectivity index (χ2n) is 4.05. The number of nitrogens with zero attached hydrogens (tertiary/aromatic N) is 3. The van der Waals surface area contributed by atoms with Crippen molar-refractivity contribution in [2.75, 3.05) is 18.5 Å². The number of hydrogen-bond donors (Lipinski definition) is 1. The normalized spacial score (nSPS) is 10.4. The third kappa shape index (κ3) is 3.90. The minimum absolute atomic E-state index is 0.0877. The standard InChI is InChI=1S/C12H12ClN3O2S/c1-16(7-11(17)18)12-14-10(15-19-12)6-8-2-4-9(13)5-3-8/h2-5H,6-7H2,1H3,(H,17,18). The number of anilines is 1. The molecule has 0 radical (unpaired) electrons. The predicted octanol–water partition coefficient (Wildman–Crippen LogP) is 2.30. The number of carbonyl (C=O) groups is 1. The van der Waals surface area contributed by atoms with Gasteiger partial charge in [0.1, 0.15) is 12.4 Å². The summed E-state index contributed by atoms with van der Waals surface area (Å²) in [5.41, 5.74) is 1.06.